The van der Waals surface area contributed by atoms with Crippen molar-refractivity contribution in [2.45, 2.75) is 31.7 Å². The van der Waals surface area contributed by atoms with Gasteiger partial charge in [0.1, 0.15) is 0 Å². The molecule has 0 spiro atoms. The van der Waals surface area contributed by atoms with E-state index in [9.17, 15) is 0 Å². The first kappa shape index (κ1) is 10.2. The van der Waals surface area contributed by atoms with E-state index >= 15 is 0 Å². The molecule has 2 N–H and O–H groups in total. The maximum absolute atomic E-state index is 6.49. The Hall–Kier alpha value is -0.340. The third-order valence-electron chi connectivity index (χ3n) is 3.48. The average Bonchev–Trinajstić information content (AvgIpc) is 2.49. The van der Waals surface area contributed by atoms with Crippen LogP contribution in [0.25, 0.3) is 0 Å². The van der Waals surface area contributed by atoms with E-state index in [0.29, 0.717) is 5.92 Å². The highest BCUT2D eigenvalue weighted by molar-refractivity contribution is 9.10. The highest BCUT2D eigenvalue weighted by atomic mass is 79.9. The summed E-state index contributed by atoms with van der Waals surface area (Å²) in [6.07, 6.45) is 3.60. The molecule has 2 rings (SSSR count). The lowest BCUT2D eigenvalue weighted by Gasteiger charge is -2.30. The van der Waals surface area contributed by atoms with E-state index in [4.69, 9.17) is 5.73 Å². The Kier molecular flexibility index (Phi) is 2.67. The average molecular weight is 254 g/mol. The monoisotopic (exact) mass is 253 g/mol. The largest absolute Gasteiger partial charge is 0.321 e. The van der Waals surface area contributed by atoms with Crippen LogP contribution >= 0.6 is 15.9 Å². The predicted molar refractivity (Wildman–Crippen MR) is 63.0 cm³/mol. The van der Waals surface area contributed by atoms with Crippen molar-refractivity contribution in [2.75, 3.05) is 0 Å². The number of hydrogen-bond acceptors (Lipinski definition) is 1. The molecule has 0 bridgehead atoms. The zero-order chi connectivity index (χ0) is 10.2. The summed E-state index contributed by atoms with van der Waals surface area (Å²) in [5, 5.41) is 0. The van der Waals surface area contributed by atoms with Crippen LogP contribution in [0, 0.1) is 5.92 Å². The summed E-state index contributed by atoms with van der Waals surface area (Å²) in [7, 11) is 0. The van der Waals surface area contributed by atoms with E-state index in [-0.39, 0.29) is 5.54 Å². The van der Waals surface area contributed by atoms with Crippen molar-refractivity contribution in [3.8, 4) is 0 Å². The van der Waals surface area contributed by atoms with Crippen molar-refractivity contribution in [2.24, 2.45) is 11.7 Å². The number of nitrogens with two attached hydrogens (primary N) is 1. The van der Waals surface area contributed by atoms with Gasteiger partial charge in [0, 0.05) is 10.0 Å². The molecule has 0 amide bonds. The van der Waals surface area contributed by atoms with Crippen LogP contribution in [0.15, 0.2) is 28.7 Å². The molecule has 76 valence electrons. The fourth-order valence-electron chi connectivity index (χ4n) is 2.44. The molecular formula is C12H16BrN. The van der Waals surface area contributed by atoms with Crippen LogP contribution in [-0.2, 0) is 5.54 Å². The fraction of sp³-hybridized carbons (Fsp3) is 0.500. The van der Waals surface area contributed by atoms with Crippen molar-refractivity contribution >= 4 is 15.9 Å². The first-order valence-corrected chi connectivity index (χ1v) is 5.98. The molecule has 2 atom stereocenters. The Morgan fingerprint density at radius 3 is 2.71 bits per heavy atom. The van der Waals surface area contributed by atoms with Crippen molar-refractivity contribution in [1.29, 1.82) is 0 Å². The van der Waals surface area contributed by atoms with Gasteiger partial charge >= 0.3 is 0 Å². The van der Waals surface area contributed by atoms with Crippen LogP contribution in [0.1, 0.15) is 31.7 Å². The van der Waals surface area contributed by atoms with Crippen LogP contribution in [0.4, 0.5) is 0 Å². The van der Waals surface area contributed by atoms with Gasteiger partial charge in [0.05, 0.1) is 0 Å². The molecule has 1 saturated carbocycles. The van der Waals surface area contributed by atoms with Crippen LogP contribution in [0.3, 0.4) is 0 Å². The Balaban J connectivity index is 2.43. The zero-order valence-corrected chi connectivity index (χ0v) is 10.0. The van der Waals surface area contributed by atoms with Crippen molar-refractivity contribution in [3.05, 3.63) is 34.3 Å². The molecule has 0 aliphatic heterocycles. The van der Waals surface area contributed by atoms with Crippen LogP contribution in [0.2, 0.25) is 0 Å². The zero-order valence-electron chi connectivity index (χ0n) is 8.46. The molecule has 0 radical (unpaired) electrons. The topological polar surface area (TPSA) is 26.0 Å². The first-order valence-electron chi connectivity index (χ1n) is 5.18. The molecule has 0 aromatic heterocycles. The third kappa shape index (κ3) is 1.51. The van der Waals surface area contributed by atoms with Gasteiger partial charge in [0.2, 0.25) is 0 Å². The van der Waals surface area contributed by atoms with Gasteiger partial charge < -0.3 is 5.73 Å². The molecule has 1 aromatic rings. The molecule has 2 unspecified atom stereocenters. The maximum Gasteiger partial charge on any atom is 0.0446 e. The van der Waals surface area contributed by atoms with Gasteiger partial charge in [-0.05, 0) is 30.4 Å². The van der Waals surface area contributed by atoms with Gasteiger partial charge in [-0.2, -0.15) is 0 Å². The summed E-state index contributed by atoms with van der Waals surface area (Å²) in [6.45, 7) is 2.26. The maximum atomic E-state index is 6.49. The first-order chi connectivity index (χ1) is 6.64. The molecule has 1 aliphatic rings. The molecule has 0 saturated heterocycles. The summed E-state index contributed by atoms with van der Waals surface area (Å²) < 4.78 is 1.15. The fourth-order valence-corrected chi connectivity index (χ4v) is 3.10. The van der Waals surface area contributed by atoms with Gasteiger partial charge in [-0.25, -0.2) is 0 Å². The molecule has 1 fully saturated rings. The highest BCUT2D eigenvalue weighted by Gasteiger charge is 2.38. The van der Waals surface area contributed by atoms with Gasteiger partial charge in [0.15, 0.2) is 0 Å². The molecule has 1 aromatic carbocycles. The lowest BCUT2D eigenvalue weighted by Crippen LogP contribution is -2.39. The lowest BCUT2D eigenvalue weighted by molar-refractivity contribution is 0.348. The normalized spacial score (nSPS) is 32.1. The quantitative estimate of drug-likeness (QED) is 0.816. The second kappa shape index (κ2) is 3.67. The van der Waals surface area contributed by atoms with Crippen LogP contribution in [-0.4, -0.2) is 0 Å². The molecule has 1 nitrogen and oxygen atoms in total. The summed E-state index contributed by atoms with van der Waals surface area (Å²) in [4.78, 5) is 0. The number of hydrogen-bond donors (Lipinski definition) is 1. The van der Waals surface area contributed by atoms with Crippen LogP contribution < -0.4 is 5.73 Å². The minimum atomic E-state index is -0.111. The summed E-state index contributed by atoms with van der Waals surface area (Å²) in [6, 6.07) is 8.33. The smallest absolute Gasteiger partial charge is 0.0446 e. The molecular weight excluding hydrogens is 238 g/mol. The SMILES string of the molecule is CC1CCCC1(N)c1ccccc1Br. The third-order valence-corrected chi connectivity index (χ3v) is 4.17. The Morgan fingerprint density at radius 2 is 2.14 bits per heavy atom. The molecule has 14 heavy (non-hydrogen) atoms. The highest BCUT2D eigenvalue weighted by Crippen LogP contribution is 2.43. The van der Waals surface area contributed by atoms with E-state index in [1.165, 1.54) is 18.4 Å². The van der Waals surface area contributed by atoms with Gasteiger partial charge in [-0.15, -0.1) is 0 Å². The Labute approximate surface area is 93.8 Å². The van der Waals surface area contributed by atoms with E-state index < -0.39 is 0 Å². The second-order valence-corrected chi connectivity index (χ2v) is 5.17. The second-order valence-electron chi connectivity index (χ2n) is 4.31. The number of halogens is 1. The number of rotatable bonds is 1. The molecule has 1 aliphatic carbocycles. The molecule has 0 heterocycles. The standard InChI is InChI=1S/C12H16BrN/c1-9-5-4-8-12(9,14)10-6-2-3-7-11(10)13/h2-3,6-7,9H,4-5,8,14H2,1H3. The van der Waals surface area contributed by atoms with Gasteiger partial charge in [0.25, 0.3) is 0 Å². The minimum Gasteiger partial charge on any atom is -0.321 e. The minimum absolute atomic E-state index is 0.111. The van der Waals surface area contributed by atoms with E-state index in [2.05, 4.69) is 41.1 Å². The lowest BCUT2D eigenvalue weighted by atomic mass is 9.82. The summed E-state index contributed by atoms with van der Waals surface area (Å²) in [5.74, 6) is 0.584. The van der Waals surface area contributed by atoms with Crippen molar-refractivity contribution < 1.29 is 0 Å². The van der Waals surface area contributed by atoms with Crippen molar-refractivity contribution in [3.63, 3.8) is 0 Å². The van der Waals surface area contributed by atoms with E-state index in [1.54, 1.807) is 0 Å². The summed E-state index contributed by atoms with van der Waals surface area (Å²) >= 11 is 3.59. The van der Waals surface area contributed by atoms with E-state index in [0.717, 1.165) is 10.9 Å². The Morgan fingerprint density at radius 1 is 1.43 bits per heavy atom. The summed E-state index contributed by atoms with van der Waals surface area (Å²) in [5.41, 5.74) is 7.65. The van der Waals surface area contributed by atoms with Crippen LogP contribution in [0.5, 0.6) is 0 Å². The number of benzene rings is 1. The van der Waals surface area contributed by atoms with E-state index in [1.807, 2.05) is 6.07 Å². The van der Waals surface area contributed by atoms with Gasteiger partial charge in [-0.1, -0.05) is 47.5 Å². The van der Waals surface area contributed by atoms with Crippen molar-refractivity contribution in [1.82, 2.24) is 0 Å². The predicted octanol–water partition coefficient (Wildman–Crippen LogP) is 3.42. The Bertz CT molecular complexity index is 337. The van der Waals surface area contributed by atoms with Gasteiger partial charge in [-0.3, -0.25) is 0 Å². The molecule has 2 heteroatoms.